The molecule has 1 N–H and O–H groups in total. The van der Waals surface area contributed by atoms with Crippen LogP contribution in [0.1, 0.15) is 25.8 Å². The Morgan fingerprint density at radius 1 is 1.11 bits per heavy atom. The van der Waals surface area contributed by atoms with Gasteiger partial charge in [0.05, 0.1) is 5.75 Å². The number of halogens is 1. The van der Waals surface area contributed by atoms with Crippen LogP contribution in [0.3, 0.4) is 0 Å². The number of carbonyl (C=O) groups is 2. The highest BCUT2D eigenvalue weighted by molar-refractivity contribution is 8.00. The zero-order chi connectivity index (χ0) is 19.6. The predicted molar refractivity (Wildman–Crippen MR) is 107 cm³/mol. The smallest absolute Gasteiger partial charge is 0.242 e. The molecule has 0 fully saturated rings. The second kappa shape index (κ2) is 10.7. The van der Waals surface area contributed by atoms with E-state index in [0.717, 1.165) is 11.3 Å². The Kier molecular flexibility index (Phi) is 8.33. The van der Waals surface area contributed by atoms with E-state index >= 15 is 0 Å². The molecular weight excluding hydrogens is 363 g/mol. The number of hydrogen-bond acceptors (Lipinski definition) is 3. The van der Waals surface area contributed by atoms with Crippen molar-refractivity contribution in [1.82, 2.24) is 10.2 Å². The van der Waals surface area contributed by atoms with Crippen molar-refractivity contribution in [2.45, 2.75) is 37.8 Å². The average molecular weight is 389 g/mol. The summed E-state index contributed by atoms with van der Waals surface area (Å²) in [4.78, 5) is 27.7. The number of amides is 2. The maximum atomic E-state index is 14.1. The van der Waals surface area contributed by atoms with Gasteiger partial charge in [-0.25, -0.2) is 4.39 Å². The summed E-state index contributed by atoms with van der Waals surface area (Å²) in [5.41, 5.74) is 0.394. The van der Waals surface area contributed by atoms with Gasteiger partial charge in [-0.2, -0.15) is 0 Å². The van der Waals surface area contributed by atoms with E-state index in [-0.39, 0.29) is 29.9 Å². The van der Waals surface area contributed by atoms with Gasteiger partial charge in [0, 0.05) is 23.5 Å². The van der Waals surface area contributed by atoms with Crippen molar-refractivity contribution in [1.29, 1.82) is 0 Å². The minimum absolute atomic E-state index is 0.0571. The lowest BCUT2D eigenvalue weighted by molar-refractivity contribution is -0.138. The van der Waals surface area contributed by atoms with Crippen molar-refractivity contribution in [3.8, 4) is 0 Å². The summed E-state index contributed by atoms with van der Waals surface area (Å²) in [7, 11) is 0. The predicted octanol–water partition coefficient (Wildman–Crippen LogP) is 3.86. The molecule has 1 atom stereocenters. The maximum Gasteiger partial charge on any atom is 0.242 e. The first-order chi connectivity index (χ1) is 13.0. The summed E-state index contributed by atoms with van der Waals surface area (Å²) in [5.74, 6) is -0.631. The molecule has 27 heavy (non-hydrogen) atoms. The molecule has 0 aromatic heterocycles. The number of rotatable bonds is 9. The third kappa shape index (κ3) is 6.40. The van der Waals surface area contributed by atoms with Crippen molar-refractivity contribution in [3.63, 3.8) is 0 Å². The zero-order valence-electron chi connectivity index (χ0n) is 15.7. The monoisotopic (exact) mass is 388 g/mol. The quantitative estimate of drug-likeness (QED) is 0.664. The third-order valence-corrected chi connectivity index (χ3v) is 5.12. The van der Waals surface area contributed by atoms with Gasteiger partial charge in [-0.3, -0.25) is 9.59 Å². The van der Waals surface area contributed by atoms with Crippen molar-refractivity contribution in [2.24, 2.45) is 0 Å². The van der Waals surface area contributed by atoms with Crippen molar-refractivity contribution >= 4 is 23.6 Å². The lowest BCUT2D eigenvalue weighted by Crippen LogP contribution is -2.48. The third-order valence-electron chi connectivity index (χ3n) is 4.12. The number of benzene rings is 2. The van der Waals surface area contributed by atoms with Crippen LogP contribution in [0.25, 0.3) is 0 Å². The molecule has 6 heteroatoms. The van der Waals surface area contributed by atoms with Crippen LogP contribution in [-0.2, 0) is 16.1 Å². The summed E-state index contributed by atoms with van der Waals surface area (Å²) in [6.45, 7) is 4.24. The summed E-state index contributed by atoms with van der Waals surface area (Å²) in [6.07, 6.45) is 0.809. The topological polar surface area (TPSA) is 49.4 Å². The van der Waals surface area contributed by atoms with Crippen LogP contribution in [0.5, 0.6) is 0 Å². The molecule has 0 saturated heterocycles. The highest BCUT2D eigenvalue weighted by Gasteiger charge is 2.26. The van der Waals surface area contributed by atoms with Gasteiger partial charge in [-0.05, 0) is 31.5 Å². The lowest BCUT2D eigenvalue weighted by atomic mass is 10.1. The van der Waals surface area contributed by atoms with Gasteiger partial charge >= 0.3 is 0 Å². The largest absolute Gasteiger partial charge is 0.354 e. The summed E-state index contributed by atoms with van der Waals surface area (Å²) in [6, 6.07) is 15.2. The van der Waals surface area contributed by atoms with Gasteiger partial charge in [-0.1, -0.05) is 43.3 Å². The first-order valence-corrected chi connectivity index (χ1v) is 10.00. The van der Waals surface area contributed by atoms with E-state index in [9.17, 15) is 14.0 Å². The summed E-state index contributed by atoms with van der Waals surface area (Å²) < 4.78 is 14.1. The van der Waals surface area contributed by atoms with E-state index in [4.69, 9.17) is 0 Å². The van der Waals surface area contributed by atoms with E-state index in [1.807, 2.05) is 37.3 Å². The number of hydrogen-bond donors (Lipinski definition) is 1. The molecule has 0 bridgehead atoms. The maximum absolute atomic E-state index is 14.1. The van der Waals surface area contributed by atoms with Gasteiger partial charge in [0.15, 0.2) is 0 Å². The molecule has 0 saturated carbocycles. The Balaban J connectivity index is 2.13. The van der Waals surface area contributed by atoms with Gasteiger partial charge in [0.25, 0.3) is 0 Å². The molecule has 0 aliphatic rings. The molecule has 4 nitrogen and oxygen atoms in total. The van der Waals surface area contributed by atoms with Crippen molar-refractivity contribution in [3.05, 3.63) is 66.0 Å². The fourth-order valence-electron chi connectivity index (χ4n) is 2.53. The molecule has 2 aromatic rings. The Morgan fingerprint density at radius 2 is 1.78 bits per heavy atom. The first kappa shape index (κ1) is 21.0. The highest BCUT2D eigenvalue weighted by atomic mass is 32.2. The lowest BCUT2D eigenvalue weighted by Gasteiger charge is -2.29. The Hall–Kier alpha value is -2.34. The molecule has 0 radical (unpaired) electrons. The van der Waals surface area contributed by atoms with Crippen molar-refractivity contribution < 1.29 is 14.0 Å². The fraction of sp³-hybridized carbons (Fsp3) is 0.333. The molecule has 2 rings (SSSR count). The Morgan fingerprint density at radius 3 is 2.44 bits per heavy atom. The second-order valence-corrected chi connectivity index (χ2v) is 7.23. The second-order valence-electron chi connectivity index (χ2n) is 6.18. The number of thioether (sulfide) groups is 1. The van der Waals surface area contributed by atoms with E-state index in [0.29, 0.717) is 12.1 Å². The molecule has 0 spiro atoms. The SMILES string of the molecule is CCCNC(=O)[C@@H](C)N(Cc1ccccc1F)C(=O)CSc1ccccc1. The highest BCUT2D eigenvalue weighted by Crippen LogP contribution is 2.20. The summed E-state index contributed by atoms with van der Waals surface area (Å²) in [5, 5.41) is 2.81. The molecule has 2 aromatic carbocycles. The number of nitrogens with zero attached hydrogens (tertiary/aromatic N) is 1. The first-order valence-electron chi connectivity index (χ1n) is 9.01. The van der Waals surface area contributed by atoms with Crippen LogP contribution in [0, 0.1) is 5.82 Å². The van der Waals surface area contributed by atoms with Gasteiger partial charge in [-0.15, -0.1) is 11.8 Å². The molecule has 0 unspecified atom stereocenters. The normalized spacial score (nSPS) is 11.7. The van der Waals surface area contributed by atoms with Crippen LogP contribution in [0.2, 0.25) is 0 Å². The molecule has 0 aliphatic carbocycles. The molecule has 0 heterocycles. The van der Waals surface area contributed by atoms with Crippen LogP contribution in [0.4, 0.5) is 4.39 Å². The van der Waals surface area contributed by atoms with Crippen LogP contribution in [0.15, 0.2) is 59.5 Å². The van der Waals surface area contributed by atoms with Crippen LogP contribution < -0.4 is 5.32 Å². The van der Waals surface area contributed by atoms with Crippen molar-refractivity contribution in [2.75, 3.05) is 12.3 Å². The van der Waals surface area contributed by atoms with Gasteiger partial charge < -0.3 is 10.2 Å². The Bertz CT molecular complexity index is 755. The van der Waals surface area contributed by atoms with Gasteiger partial charge in [0.1, 0.15) is 11.9 Å². The standard InChI is InChI=1S/C21H25FN2O2S/c1-3-13-23-21(26)16(2)24(14-17-9-7-8-12-19(17)22)20(25)15-27-18-10-5-4-6-11-18/h4-12,16H,3,13-15H2,1-2H3,(H,23,26)/t16-/m1/s1. The zero-order valence-corrected chi connectivity index (χ0v) is 16.5. The average Bonchev–Trinajstić information content (AvgIpc) is 2.70. The molecular formula is C21H25FN2O2S. The minimum atomic E-state index is -0.681. The van der Waals surface area contributed by atoms with E-state index in [1.165, 1.54) is 22.7 Å². The minimum Gasteiger partial charge on any atom is -0.354 e. The molecule has 144 valence electrons. The van der Waals surface area contributed by atoms with E-state index in [2.05, 4.69) is 5.32 Å². The molecule has 0 aliphatic heterocycles. The fourth-order valence-corrected chi connectivity index (χ4v) is 3.34. The number of carbonyl (C=O) groups excluding carboxylic acids is 2. The van der Waals surface area contributed by atoms with Gasteiger partial charge in [0.2, 0.25) is 11.8 Å². The van der Waals surface area contributed by atoms with Crippen LogP contribution in [-0.4, -0.2) is 35.1 Å². The summed E-state index contributed by atoms with van der Waals surface area (Å²) >= 11 is 1.40. The van der Waals surface area contributed by atoms with E-state index < -0.39 is 6.04 Å². The molecule has 2 amide bonds. The number of nitrogens with one attached hydrogen (secondary N) is 1. The van der Waals surface area contributed by atoms with Crippen LogP contribution >= 0.6 is 11.8 Å². The van der Waals surface area contributed by atoms with E-state index in [1.54, 1.807) is 25.1 Å². The Labute approximate surface area is 164 Å².